The van der Waals surface area contributed by atoms with Crippen molar-refractivity contribution in [1.29, 1.82) is 0 Å². The highest BCUT2D eigenvalue weighted by Crippen LogP contribution is 2.31. The third kappa shape index (κ3) is 3.12. The number of nitrogens with zero attached hydrogens (tertiary/aromatic N) is 1. The number of halogens is 2. The van der Waals surface area contributed by atoms with Crippen LogP contribution in [0.3, 0.4) is 0 Å². The number of pyridine rings is 1. The third-order valence-corrected chi connectivity index (χ3v) is 4.00. The first-order valence-electron chi connectivity index (χ1n) is 5.77. The molecule has 1 aromatic heterocycles. The van der Waals surface area contributed by atoms with Crippen LogP contribution in [0.5, 0.6) is 0 Å². The molecule has 1 aliphatic heterocycles. The van der Waals surface area contributed by atoms with Crippen LogP contribution in [0.15, 0.2) is 16.7 Å². The molecule has 0 saturated carbocycles. The van der Waals surface area contributed by atoms with E-state index in [1.807, 2.05) is 6.07 Å². The van der Waals surface area contributed by atoms with Gasteiger partial charge in [-0.05, 0) is 40.4 Å². The Balaban J connectivity index is 2.16. The number of rotatable bonds is 2. The zero-order valence-corrected chi connectivity index (χ0v) is 12.4. The molecule has 5 heteroatoms. The van der Waals surface area contributed by atoms with E-state index in [4.69, 9.17) is 11.6 Å². The highest BCUT2D eigenvalue weighted by Gasteiger charge is 2.32. The topological polar surface area (TPSA) is 37.0 Å². The van der Waals surface area contributed by atoms with Crippen molar-refractivity contribution < 1.29 is 0 Å². The SMILES string of the molecule is CC1(C)CNCCC1Nc1cc(Br)cnc1Cl. The molecule has 1 atom stereocenters. The molecule has 1 saturated heterocycles. The molecule has 1 unspecified atom stereocenters. The normalized spacial score (nSPS) is 23.4. The summed E-state index contributed by atoms with van der Waals surface area (Å²) in [5.74, 6) is 0. The molecule has 0 aliphatic carbocycles. The van der Waals surface area contributed by atoms with Gasteiger partial charge in [0, 0.05) is 23.3 Å². The van der Waals surface area contributed by atoms with Crippen molar-refractivity contribution in [1.82, 2.24) is 10.3 Å². The van der Waals surface area contributed by atoms with E-state index in [2.05, 4.69) is 45.4 Å². The molecule has 2 N–H and O–H groups in total. The van der Waals surface area contributed by atoms with E-state index >= 15 is 0 Å². The molecule has 1 fully saturated rings. The average molecular weight is 319 g/mol. The van der Waals surface area contributed by atoms with Gasteiger partial charge in [0.1, 0.15) is 0 Å². The quantitative estimate of drug-likeness (QED) is 0.822. The Labute approximate surface area is 115 Å². The lowest BCUT2D eigenvalue weighted by Gasteiger charge is -2.40. The molecule has 2 heterocycles. The standard InChI is InChI=1S/C12H17BrClN3/c1-12(2)7-15-4-3-10(12)17-9-5-8(13)6-16-11(9)14/h5-6,10,15,17H,3-4,7H2,1-2H3. The van der Waals surface area contributed by atoms with Crippen LogP contribution in [0.25, 0.3) is 0 Å². The first-order chi connectivity index (χ1) is 7.99. The second kappa shape index (κ2) is 5.12. The number of hydrogen-bond acceptors (Lipinski definition) is 3. The molecule has 0 spiro atoms. The largest absolute Gasteiger partial charge is 0.379 e. The molecule has 3 nitrogen and oxygen atoms in total. The van der Waals surface area contributed by atoms with Crippen molar-refractivity contribution in [3.05, 3.63) is 21.9 Å². The summed E-state index contributed by atoms with van der Waals surface area (Å²) >= 11 is 9.51. The summed E-state index contributed by atoms with van der Waals surface area (Å²) in [6, 6.07) is 2.39. The summed E-state index contributed by atoms with van der Waals surface area (Å²) in [6.07, 6.45) is 2.80. The van der Waals surface area contributed by atoms with Crippen LogP contribution >= 0.6 is 27.5 Å². The van der Waals surface area contributed by atoms with Crippen molar-refractivity contribution in [3.8, 4) is 0 Å². The van der Waals surface area contributed by atoms with Crippen molar-refractivity contribution in [2.24, 2.45) is 5.41 Å². The van der Waals surface area contributed by atoms with Gasteiger partial charge in [0.2, 0.25) is 0 Å². The fourth-order valence-corrected chi connectivity index (χ4v) is 2.64. The van der Waals surface area contributed by atoms with Gasteiger partial charge in [0.05, 0.1) is 5.69 Å². The van der Waals surface area contributed by atoms with Gasteiger partial charge >= 0.3 is 0 Å². The second-order valence-corrected chi connectivity index (χ2v) is 6.42. The zero-order chi connectivity index (χ0) is 12.5. The minimum atomic E-state index is 0.212. The van der Waals surface area contributed by atoms with Gasteiger partial charge in [-0.2, -0.15) is 0 Å². The van der Waals surface area contributed by atoms with Gasteiger partial charge in [0.15, 0.2) is 5.15 Å². The Hall–Kier alpha value is -0.320. The first-order valence-corrected chi connectivity index (χ1v) is 6.94. The summed E-state index contributed by atoms with van der Waals surface area (Å²) in [5, 5.41) is 7.46. The number of hydrogen-bond donors (Lipinski definition) is 2. The molecule has 1 aliphatic rings. The van der Waals surface area contributed by atoms with E-state index in [1.165, 1.54) is 0 Å². The third-order valence-electron chi connectivity index (χ3n) is 3.27. The maximum atomic E-state index is 6.10. The Kier molecular flexibility index (Phi) is 3.95. The van der Waals surface area contributed by atoms with Crippen molar-refractivity contribution >= 4 is 33.2 Å². The molecule has 0 bridgehead atoms. The lowest BCUT2D eigenvalue weighted by atomic mass is 9.80. The van der Waals surface area contributed by atoms with Gasteiger partial charge in [-0.25, -0.2) is 4.98 Å². The van der Waals surface area contributed by atoms with Crippen LogP contribution in [0.2, 0.25) is 5.15 Å². The number of nitrogens with one attached hydrogen (secondary N) is 2. The molecule has 17 heavy (non-hydrogen) atoms. The highest BCUT2D eigenvalue weighted by atomic mass is 79.9. The van der Waals surface area contributed by atoms with E-state index in [9.17, 15) is 0 Å². The maximum absolute atomic E-state index is 6.10. The van der Waals surface area contributed by atoms with Crippen LogP contribution in [0, 0.1) is 5.41 Å². The summed E-state index contributed by atoms with van der Waals surface area (Å²) in [5.41, 5.74) is 1.12. The molecule has 0 radical (unpaired) electrons. The molecular formula is C12H17BrClN3. The predicted octanol–water partition coefficient (Wildman–Crippen LogP) is 3.30. The van der Waals surface area contributed by atoms with Crippen LogP contribution in [0.1, 0.15) is 20.3 Å². The second-order valence-electron chi connectivity index (χ2n) is 5.14. The van der Waals surface area contributed by atoms with E-state index in [-0.39, 0.29) is 5.41 Å². The van der Waals surface area contributed by atoms with E-state index < -0.39 is 0 Å². The van der Waals surface area contributed by atoms with Crippen LogP contribution in [0.4, 0.5) is 5.69 Å². The van der Waals surface area contributed by atoms with Crippen LogP contribution in [-0.4, -0.2) is 24.1 Å². The zero-order valence-electron chi connectivity index (χ0n) is 10.1. The van der Waals surface area contributed by atoms with E-state index in [0.717, 1.165) is 29.7 Å². The Morgan fingerprint density at radius 3 is 3.06 bits per heavy atom. The van der Waals surface area contributed by atoms with Crippen molar-refractivity contribution in [3.63, 3.8) is 0 Å². The molecule has 1 aromatic rings. The summed E-state index contributed by atoms with van der Waals surface area (Å²) in [4.78, 5) is 4.13. The smallest absolute Gasteiger partial charge is 0.152 e. The fraction of sp³-hybridized carbons (Fsp3) is 0.583. The maximum Gasteiger partial charge on any atom is 0.152 e. The lowest BCUT2D eigenvalue weighted by molar-refractivity contribution is 0.236. The summed E-state index contributed by atoms with van der Waals surface area (Å²) < 4.78 is 0.941. The number of aromatic nitrogens is 1. The van der Waals surface area contributed by atoms with Crippen molar-refractivity contribution in [2.45, 2.75) is 26.3 Å². The van der Waals surface area contributed by atoms with Crippen LogP contribution in [-0.2, 0) is 0 Å². The molecular weight excluding hydrogens is 302 g/mol. The summed E-state index contributed by atoms with van der Waals surface area (Å²) in [6.45, 7) is 6.58. The van der Waals surface area contributed by atoms with Crippen LogP contribution < -0.4 is 10.6 Å². The van der Waals surface area contributed by atoms with Gasteiger partial charge in [-0.1, -0.05) is 25.4 Å². The number of piperidine rings is 1. The highest BCUT2D eigenvalue weighted by molar-refractivity contribution is 9.10. The molecule has 0 amide bonds. The Morgan fingerprint density at radius 2 is 2.35 bits per heavy atom. The average Bonchev–Trinajstić information content (AvgIpc) is 2.26. The minimum Gasteiger partial charge on any atom is -0.379 e. The van der Waals surface area contributed by atoms with Gasteiger partial charge < -0.3 is 10.6 Å². The van der Waals surface area contributed by atoms with Gasteiger partial charge in [0.25, 0.3) is 0 Å². The summed E-state index contributed by atoms with van der Waals surface area (Å²) in [7, 11) is 0. The van der Waals surface area contributed by atoms with E-state index in [0.29, 0.717) is 11.2 Å². The minimum absolute atomic E-state index is 0.212. The Bertz CT molecular complexity index is 409. The van der Waals surface area contributed by atoms with Crippen molar-refractivity contribution in [2.75, 3.05) is 18.4 Å². The molecule has 94 valence electrons. The number of anilines is 1. The first kappa shape index (κ1) is 13.1. The molecule has 2 rings (SSSR count). The van der Waals surface area contributed by atoms with Gasteiger partial charge in [-0.15, -0.1) is 0 Å². The monoisotopic (exact) mass is 317 g/mol. The molecule has 0 aromatic carbocycles. The van der Waals surface area contributed by atoms with E-state index in [1.54, 1.807) is 6.20 Å². The van der Waals surface area contributed by atoms with Gasteiger partial charge in [-0.3, -0.25) is 0 Å². The fourth-order valence-electron chi connectivity index (χ4n) is 2.15. The predicted molar refractivity (Wildman–Crippen MR) is 75.6 cm³/mol. The Morgan fingerprint density at radius 1 is 1.59 bits per heavy atom. The lowest BCUT2D eigenvalue weighted by Crippen LogP contribution is -2.49.